The number of aliphatic hydroxyl groups is 1. The van der Waals surface area contributed by atoms with Gasteiger partial charge in [0.05, 0.1) is 17.2 Å². The lowest BCUT2D eigenvalue weighted by Gasteiger charge is -2.06. The molecule has 6 nitrogen and oxygen atoms in total. The molecular formula is C12H10ClF3N4O2. The van der Waals surface area contributed by atoms with E-state index >= 15 is 0 Å². The van der Waals surface area contributed by atoms with Gasteiger partial charge in [0, 0.05) is 18.9 Å². The number of aliphatic hydroxyl groups excluding tert-OH is 1. The first-order valence-electron chi connectivity index (χ1n) is 6.01. The molecule has 0 saturated heterocycles. The van der Waals surface area contributed by atoms with Gasteiger partial charge < -0.3 is 10.4 Å². The van der Waals surface area contributed by atoms with E-state index in [2.05, 4.69) is 15.4 Å². The number of carbonyl (C=O) groups excluding carboxylic acids is 1. The summed E-state index contributed by atoms with van der Waals surface area (Å²) >= 11 is 5.86. The van der Waals surface area contributed by atoms with Gasteiger partial charge in [-0.3, -0.25) is 4.79 Å². The summed E-state index contributed by atoms with van der Waals surface area (Å²) in [5, 5.41) is 14.2. The monoisotopic (exact) mass is 334 g/mol. The van der Waals surface area contributed by atoms with Crippen molar-refractivity contribution in [2.75, 3.05) is 13.2 Å². The minimum atomic E-state index is -4.82. The van der Waals surface area contributed by atoms with Gasteiger partial charge in [-0.15, -0.1) is 0 Å². The molecule has 118 valence electrons. The fraction of sp³-hybridized carbons (Fsp3) is 0.250. The standard InChI is InChI=1S/C12H10ClF3N4O2/c13-8-2-1-3-17-10(8)20-6-7(11(22)18-4-5-21)9(19-20)12(14,15)16/h1-3,6,21H,4-5H2,(H,18,22). The number of hydrogen-bond acceptors (Lipinski definition) is 4. The lowest BCUT2D eigenvalue weighted by atomic mass is 10.2. The SMILES string of the molecule is O=C(NCCO)c1cn(-c2ncccc2Cl)nc1C(F)(F)F. The van der Waals surface area contributed by atoms with Gasteiger partial charge in [0.15, 0.2) is 11.5 Å². The van der Waals surface area contributed by atoms with Crippen molar-refractivity contribution < 1.29 is 23.1 Å². The molecule has 0 saturated carbocycles. The van der Waals surface area contributed by atoms with Crippen LogP contribution in [0.15, 0.2) is 24.5 Å². The van der Waals surface area contributed by atoms with Gasteiger partial charge in [0.1, 0.15) is 0 Å². The molecule has 2 aromatic rings. The van der Waals surface area contributed by atoms with Gasteiger partial charge in [0.2, 0.25) is 0 Å². The second kappa shape index (κ2) is 6.32. The van der Waals surface area contributed by atoms with Crippen molar-refractivity contribution in [1.29, 1.82) is 0 Å². The molecule has 0 aliphatic heterocycles. The van der Waals surface area contributed by atoms with Crippen molar-refractivity contribution in [1.82, 2.24) is 20.1 Å². The lowest BCUT2D eigenvalue weighted by Crippen LogP contribution is -2.28. The Kier molecular flexibility index (Phi) is 4.67. The van der Waals surface area contributed by atoms with Crippen molar-refractivity contribution >= 4 is 17.5 Å². The smallest absolute Gasteiger partial charge is 0.395 e. The van der Waals surface area contributed by atoms with E-state index < -0.39 is 29.9 Å². The fourth-order valence-electron chi connectivity index (χ4n) is 1.67. The molecule has 2 heterocycles. The van der Waals surface area contributed by atoms with Crippen molar-refractivity contribution in [3.8, 4) is 5.82 Å². The number of rotatable bonds is 4. The summed E-state index contributed by atoms with van der Waals surface area (Å²) in [6, 6.07) is 2.94. The molecule has 0 aliphatic rings. The topological polar surface area (TPSA) is 80.0 Å². The van der Waals surface area contributed by atoms with E-state index in [1.54, 1.807) is 0 Å². The van der Waals surface area contributed by atoms with Crippen molar-refractivity contribution in [3.63, 3.8) is 0 Å². The minimum Gasteiger partial charge on any atom is -0.395 e. The Balaban J connectivity index is 2.49. The third-order valence-corrected chi connectivity index (χ3v) is 2.88. The predicted molar refractivity (Wildman–Crippen MR) is 70.8 cm³/mol. The van der Waals surface area contributed by atoms with E-state index in [0.29, 0.717) is 0 Å². The van der Waals surface area contributed by atoms with Crippen molar-refractivity contribution in [2.45, 2.75) is 6.18 Å². The van der Waals surface area contributed by atoms with Gasteiger partial charge in [-0.05, 0) is 12.1 Å². The van der Waals surface area contributed by atoms with Crippen LogP contribution in [0.1, 0.15) is 16.1 Å². The van der Waals surface area contributed by atoms with Crippen molar-refractivity contribution in [3.05, 3.63) is 40.8 Å². The van der Waals surface area contributed by atoms with Gasteiger partial charge >= 0.3 is 6.18 Å². The molecule has 0 spiro atoms. The van der Waals surface area contributed by atoms with Crippen LogP contribution in [0.2, 0.25) is 5.02 Å². The molecule has 2 N–H and O–H groups in total. The minimum absolute atomic E-state index is 0.0316. The molecular weight excluding hydrogens is 325 g/mol. The molecule has 0 aromatic carbocycles. The summed E-state index contributed by atoms with van der Waals surface area (Å²) in [4.78, 5) is 15.6. The van der Waals surface area contributed by atoms with Crippen LogP contribution in [0.3, 0.4) is 0 Å². The summed E-state index contributed by atoms with van der Waals surface area (Å²) in [5.41, 5.74) is -2.03. The third kappa shape index (κ3) is 3.37. The fourth-order valence-corrected chi connectivity index (χ4v) is 1.88. The first-order chi connectivity index (χ1) is 10.3. The zero-order chi connectivity index (χ0) is 16.3. The number of nitrogens with zero attached hydrogens (tertiary/aromatic N) is 3. The largest absolute Gasteiger partial charge is 0.435 e. The second-order valence-corrected chi connectivity index (χ2v) is 4.53. The number of carbonyl (C=O) groups is 1. The van der Waals surface area contributed by atoms with E-state index in [9.17, 15) is 18.0 Å². The Morgan fingerprint density at radius 3 is 2.77 bits per heavy atom. The number of hydrogen-bond donors (Lipinski definition) is 2. The Hall–Kier alpha value is -2.13. The quantitative estimate of drug-likeness (QED) is 0.891. The molecule has 22 heavy (non-hydrogen) atoms. The van der Waals surface area contributed by atoms with E-state index in [1.165, 1.54) is 18.3 Å². The summed E-state index contributed by atoms with van der Waals surface area (Å²) in [6.07, 6.45) is -2.59. The van der Waals surface area contributed by atoms with Crippen LogP contribution < -0.4 is 5.32 Å². The summed E-state index contributed by atoms with van der Waals surface area (Å²) in [6.45, 7) is -0.570. The maximum absolute atomic E-state index is 13.0. The Morgan fingerprint density at radius 1 is 1.45 bits per heavy atom. The Bertz CT molecular complexity index is 687. The molecule has 0 bridgehead atoms. The number of aromatic nitrogens is 3. The van der Waals surface area contributed by atoms with Gasteiger partial charge in [0.25, 0.3) is 5.91 Å². The molecule has 2 rings (SSSR count). The van der Waals surface area contributed by atoms with Crippen LogP contribution in [0.5, 0.6) is 0 Å². The third-order valence-electron chi connectivity index (χ3n) is 2.58. The number of alkyl halides is 3. The van der Waals surface area contributed by atoms with Crippen LogP contribution >= 0.6 is 11.6 Å². The average molecular weight is 335 g/mol. The molecule has 0 aliphatic carbocycles. The van der Waals surface area contributed by atoms with Gasteiger partial charge in [-0.1, -0.05) is 11.6 Å². The van der Waals surface area contributed by atoms with Gasteiger partial charge in [-0.2, -0.15) is 18.3 Å². The lowest BCUT2D eigenvalue weighted by molar-refractivity contribution is -0.141. The maximum atomic E-state index is 13.0. The normalized spacial score (nSPS) is 11.5. The van der Waals surface area contributed by atoms with E-state index in [0.717, 1.165) is 10.9 Å². The molecule has 0 fully saturated rings. The number of nitrogens with one attached hydrogen (secondary N) is 1. The molecule has 10 heteroatoms. The molecule has 0 atom stereocenters. The summed E-state index contributed by atoms with van der Waals surface area (Å²) in [7, 11) is 0. The average Bonchev–Trinajstić information content (AvgIpc) is 2.90. The summed E-state index contributed by atoms with van der Waals surface area (Å²) < 4.78 is 39.8. The second-order valence-electron chi connectivity index (χ2n) is 4.12. The highest BCUT2D eigenvalue weighted by atomic mass is 35.5. The predicted octanol–water partition coefficient (Wildman–Crippen LogP) is 1.66. The van der Waals surface area contributed by atoms with Gasteiger partial charge in [-0.25, -0.2) is 9.67 Å². The molecule has 0 radical (unpaired) electrons. The summed E-state index contributed by atoms with van der Waals surface area (Å²) in [5.74, 6) is -1.03. The molecule has 1 amide bonds. The highest BCUT2D eigenvalue weighted by molar-refractivity contribution is 6.32. The number of pyridine rings is 1. The first-order valence-corrected chi connectivity index (χ1v) is 6.39. The zero-order valence-corrected chi connectivity index (χ0v) is 11.7. The zero-order valence-electron chi connectivity index (χ0n) is 10.9. The molecule has 0 unspecified atom stereocenters. The van der Waals surface area contributed by atoms with Crippen LogP contribution in [0.4, 0.5) is 13.2 Å². The highest BCUT2D eigenvalue weighted by Crippen LogP contribution is 2.31. The van der Waals surface area contributed by atoms with Crippen LogP contribution in [-0.4, -0.2) is 38.9 Å². The van der Waals surface area contributed by atoms with Crippen molar-refractivity contribution in [2.24, 2.45) is 0 Å². The van der Waals surface area contributed by atoms with Crippen LogP contribution in [0.25, 0.3) is 5.82 Å². The number of halogens is 4. The molecule has 2 aromatic heterocycles. The van der Waals surface area contributed by atoms with E-state index in [-0.39, 0.29) is 17.4 Å². The Labute approximate surface area is 127 Å². The van der Waals surface area contributed by atoms with E-state index in [4.69, 9.17) is 16.7 Å². The van der Waals surface area contributed by atoms with Crippen LogP contribution in [0, 0.1) is 0 Å². The van der Waals surface area contributed by atoms with Crippen LogP contribution in [-0.2, 0) is 6.18 Å². The van der Waals surface area contributed by atoms with E-state index in [1.807, 2.05) is 0 Å². The highest BCUT2D eigenvalue weighted by Gasteiger charge is 2.39. The maximum Gasteiger partial charge on any atom is 0.435 e. The Morgan fingerprint density at radius 2 is 2.18 bits per heavy atom. The number of amides is 1. The first kappa shape index (κ1) is 16.2.